The van der Waals surface area contributed by atoms with E-state index in [2.05, 4.69) is 5.10 Å². The lowest BCUT2D eigenvalue weighted by atomic mass is 9.97. The van der Waals surface area contributed by atoms with Gasteiger partial charge in [-0.3, -0.25) is 14.6 Å². The Bertz CT molecular complexity index is 1030. The van der Waals surface area contributed by atoms with Crippen molar-refractivity contribution in [2.45, 2.75) is 13.0 Å². The van der Waals surface area contributed by atoms with Gasteiger partial charge in [0, 0.05) is 0 Å². The molecule has 148 valence electrons. The van der Waals surface area contributed by atoms with Crippen LogP contribution in [0.4, 0.5) is 11.4 Å². The van der Waals surface area contributed by atoms with Crippen LogP contribution in [0.3, 0.4) is 0 Å². The van der Waals surface area contributed by atoms with Crippen molar-refractivity contribution in [3.63, 3.8) is 0 Å². The molecule has 0 aromatic heterocycles. The minimum atomic E-state index is -1.05. The van der Waals surface area contributed by atoms with Crippen LogP contribution in [0.25, 0.3) is 0 Å². The number of anilines is 2. The zero-order valence-corrected chi connectivity index (χ0v) is 16.2. The van der Waals surface area contributed by atoms with E-state index < -0.39 is 29.7 Å². The number of hydrazone groups is 1. The van der Waals surface area contributed by atoms with Crippen molar-refractivity contribution in [2.24, 2.45) is 11.0 Å². The molecule has 2 aliphatic heterocycles. The molecule has 0 spiro atoms. The summed E-state index contributed by atoms with van der Waals surface area (Å²) in [6.07, 6.45) is 0. The quantitative estimate of drug-likeness (QED) is 0.582. The molecule has 1 saturated heterocycles. The van der Waals surface area contributed by atoms with Crippen LogP contribution in [0.15, 0.2) is 53.6 Å². The fourth-order valence-electron chi connectivity index (χ4n) is 3.65. The van der Waals surface area contributed by atoms with E-state index in [-0.39, 0.29) is 5.71 Å². The number of methoxy groups -OCH3 is 2. The van der Waals surface area contributed by atoms with Gasteiger partial charge in [0.05, 0.1) is 25.6 Å². The van der Waals surface area contributed by atoms with Crippen molar-refractivity contribution >= 4 is 34.9 Å². The van der Waals surface area contributed by atoms with Gasteiger partial charge >= 0.3 is 5.97 Å². The van der Waals surface area contributed by atoms with E-state index in [1.165, 1.54) is 19.2 Å². The van der Waals surface area contributed by atoms with Crippen LogP contribution in [0.1, 0.15) is 5.56 Å². The molecule has 2 aromatic rings. The molecule has 0 aliphatic carbocycles. The van der Waals surface area contributed by atoms with E-state index in [0.717, 1.165) is 10.5 Å². The average Bonchev–Trinajstić information content (AvgIpc) is 3.25. The van der Waals surface area contributed by atoms with E-state index in [1.54, 1.807) is 36.4 Å². The number of fused-ring (bicyclic) bond motifs is 1. The fourth-order valence-corrected chi connectivity index (χ4v) is 3.65. The molecule has 8 nitrogen and oxygen atoms in total. The molecule has 2 atom stereocenters. The Morgan fingerprint density at radius 2 is 1.69 bits per heavy atom. The van der Waals surface area contributed by atoms with Crippen molar-refractivity contribution in [2.75, 3.05) is 24.1 Å². The summed E-state index contributed by atoms with van der Waals surface area (Å²) >= 11 is 0. The molecule has 0 unspecified atom stereocenters. The van der Waals surface area contributed by atoms with Gasteiger partial charge in [-0.05, 0) is 31.2 Å². The topological polar surface area (TPSA) is 88.5 Å². The summed E-state index contributed by atoms with van der Waals surface area (Å²) in [4.78, 5) is 40.0. The lowest BCUT2D eigenvalue weighted by molar-refractivity contribution is -0.133. The summed E-state index contributed by atoms with van der Waals surface area (Å²) in [5, 5.41) is 5.71. The zero-order valence-electron chi connectivity index (χ0n) is 16.2. The number of hydrogen-bond acceptors (Lipinski definition) is 7. The van der Waals surface area contributed by atoms with Gasteiger partial charge in [0.1, 0.15) is 17.7 Å². The second kappa shape index (κ2) is 7.05. The van der Waals surface area contributed by atoms with Crippen LogP contribution in [0.5, 0.6) is 5.75 Å². The first-order chi connectivity index (χ1) is 14.0. The number of carbonyl (C=O) groups excluding carboxylic acids is 3. The Morgan fingerprint density at radius 3 is 2.34 bits per heavy atom. The maximum Gasteiger partial charge on any atom is 0.355 e. The van der Waals surface area contributed by atoms with Crippen LogP contribution >= 0.6 is 0 Å². The van der Waals surface area contributed by atoms with Gasteiger partial charge < -0.3 is 9.47 Å². The molecule has 8 heteroatoms. The number of ether oxygens (including phenoxy) is 2. The summed E-state index contributed by atoms with van der Waals surface area (Å²) in [5.41, 5.74) is 1.87. The second-order valence-corrected chi connectivity index (χ2v) is 6.76. The van der Waals surface area contributed by atoms with Gasteiger partial charge in [-0.1, -0.05) is 29.8 Å². The molecule has 2 amide bonds. The molecular weight excluding hydrogens is 374 g/mol. The van der Waals surface area contributed by atoms with Crippen LogP contribution in [-0.4, -0.2) is 43.8 Å². The Morgan fingerprint density at radius 1 is 1.00 bits per heavy atom. The van der Waals surface area contributed by atoms with Crippen LogP contribution in [0.2, 0.25) is 0 Å². The smallest absolute Gasteiger partial charge is 0.355 e. The molecule has 0 N–H and O–H groups in total. The number of para-hydroxylation sites is 2. The third kappa shape index (κ3) is 2.84. The lowest BCUT2D eigenvalue weighted by Gasteiger charge is -2.23. The highest BCUT2D eigenvalue weighted by atomic mass is 16.5. The number of aryl methyl sites for hydroxylation is 1. The summed E-state index contributed by atoms with van der Waals surface area (Å²) in [6.45, 7) is 1.94. The Balaban J connectivity index is 1.82. The second-order valence-electron chi connectivity index (χ2n) is 6.76. The maximum absolute atomic E-state index is 13.4. The Labute approximate surface area is 167 Å². The number of imide groups is 1. The van der Waals surface area contributed by atoms with Crippen molar-refractivity contribution in [3.05, 3.63) is 54.1 Å². The zero-order chi connectivity index (χ0) is 20.7. The van der Waals surface area contributed by atoms with E-state index in [0.29, 0.717) is 17.1 Å². The first-order valence-electron chi connectivity index (χ1n) is 9.01. The van der Waals surface area contributed by atoms with Gasteiger partial charge in [0.2, 0.25) is 5.91 Å². The monoisotopic (exact) mass is 393 g/mol. The van der Waals surface area contributed by atoms with Crippen molar-refractivity contribution in [1.29, 1.82) is 0 Å². The van der Waals surface area contributed by atoms with Gasteiger partial charge in [-0.15, -0.1) is 0 Å². The Kier molecular flexibility index (Phi) is 4.54. The van der Waals surface area contributed by atoms with Crippen molar-refractivity contribution in [1.82, 2.24) is 0 Å². The number of amides is 2. The summed E-state index contributed by atoms with van der Waals surface area (Å²) in [6, 6.07) is 13.1. The molecular formula is C21H19N3O5. The average molecular weight is 393 g/mol. The molecule has 2 aromatic carbocycles. The third-order valence-electron chi connectivity index (χ3n) is 5.07. The molecule has 2 heterocycles. The van der Waals surface area contributed by atoms with Crippen LogP contribution < -0.4 is 14.6 Å². The first-order valence-corrected chi connectivity index (χ1v) is 9.01. The maximum atomic E-state index is 13.4. The number of nitrogens with zero attached hydrogens (tertiary/aromatic N) is 3. The third-order valence-corrected chi connectivity index (χ3v) is 5.07. The molecule has 4 rings (SSSR count). The molecule has 29 heavy (non-hydrogen) atoms. The number of esters is 1. The molecule has 2 aliphatic rings. The van der Waals surface area contributed by atoms with E-state index in [4.69, 9.17) is 9.47 Å². The van der Waals surface area contributed by atoms with Gasteiger partial charge in [0.25, 0.3) is 5.91 Å². The molecule has 1 fully saturated rings. The lowest BCUT2D eigenvalue weighted by Crippen LogP contribution is -2.39. The van der Waals surface area contributed by atoms with Crippen molar-refractivity contribution in [3.8, 4) is 5.75 Å². The predicted octanol–water partition coefficient (Wildman–Crippen LogP) is 1.91. The number of benzene rings is 2. The highest BCUT2D eigenvalue weighted by Gasteiger charge is 2.59. The molecule has 0 bridgehead atoms. The highest BCUT2D eigenvalue weighted by Crippen LogP contribution is 2.40. The predicted molar refractivity (Wildman–Crippen MR) is 106 cm³/mol. The van der Waals surface area contributed by atoms with Gasteiger partial charge in [-0.2, -0.15) is 5.10 Å². The number of hydrogen-bond donors (Lipinski definition) is 0. The standard InChI is InChI=1S/C21H19N3O5/c1-12-8-10-13(11-9-12)24-18-16(17(22-24)21(27)29-3)19(25)23(20(18)26)14-6-4-5-7-15(14)28-2/h4-11,16,18H,1-3H3/t16-,18-/m1/s1. The molecule has 0 saturated carbocycles. The Hall–Kier alpha value is -3.68. The summed E-state index contributed by atoms with van der Waals surface area (Å²) in [7, 11) is 2.68. The summed E-state index contributed by atoms with van der Waals surface area (Å²) in [5.74, 6) is -2.43. The van der Waals surface area contributed by atoms with Crippen LogP contribution in [-0.2, 0) is 19.1 Å². The fraction of sp³-hybridized carbons (Fsp3) is 0.238. The number of carbonyl (C=O) groups is 3. The normalized spacial score (nSPS) is 20.6. The van der Waals surface area contributed by atoms with E-state index in [1.807, 2.05) is 19.1 Å². The summed E-state index contributed by atoms with van der Waals surface area (Å²) < 4.78 is 10.1. The SMILES string of the molecule is COC(=O)C1=NN(c2ccc(C)cc2)[C@H]2C(=O)N(c3ccccc3OC)C(=O)[C@H]12. The highest BCUT2D eigenvalue weighted by molar-refractivity contribution is 6.47. The largest absolute Gasteiger partial charge is 0.495 e. The van der Waals surface area contributed by atoms with Gasteiger partial charge in [-0.25, -0.2) is 9.69 Å². The van der Waals surface area contributed by atoms with Crippen molar-refractivity contribution < 1.29 is 23.9 Å². The van der Waals surface area contributed by atoms with Gasteiger partial charge in [0.15, 0.2) is 5.71 Å². The first kappa shape index (κ1) is 18.7. The minimum Gasteiger partial charge on any atom is -0.495 e. The van der Waals surface area contributed by atoms with E-state index >= 15 is 0 Å². The van der Waals surface area contributed by atoms with E-state index in [9.17, 15) is 14.4 Å². The molecule has 0 radical (unpaired) electrons. The minimum absolute atomic E-state index is 0.0891. The van der Waals surface area contributed by atoms with Crippen LogP contribution in [0, 0.1) is 12.8 Å². The number of rotatable bonds is 4.